The zero-order valence-electron chi connectivity index (χ0n) is 15.5. The topological polar surface area (TPSA) is 51.0 Å². The molecule has 0 radical (unpaired) electrons. The summed E-state index contributed by atoms with van der Waals surface area (Å²) >= 11 is 3.36. The van der Waals surface area contributed by atoms with E-state index in [-0.39, 0.29) is 5.91 Å². The highest BCUT2D eigenvalue weighted by atomic mass is 32.2. The summed E-state index contributed by atoms with van der Waals surface area (Å²) in [7, 11) is 2.01. The summed E-state index contributed by atoms with van der Waals surface area (Å²) < 4.78 is 2.04. The van der Waals surface area contributed by atoms with Crippen LogP contribution in [0, 0.1) is 5.92 Å². The Balaban J connectivity index is 1.46. The summed E-state index contributed by atoms with van der Waals surface area (Å²) in [6.07, 6.45) is 7.23. The first-order chi connectivity index (χ1) is 12.7. The molecule has 140 valence electrons. The molecule has 1 aliphatic heterocycles. The Morgan fingerprint density at radius 1 is 1.35 bits per heavy atom. The number of likely N-dealkylation sites (tertiary alicyclic amines) is 1. The number of thioether (sulfide) groups is 1. The average Bonchev–Trinajstić information content (AvgIpc) is 3.38. The first-order valence-corrected chi connectivity index (χ1v) is 11.4. The van der Waals surface area contributed by atoms with Gasteiger partial charge in [0.05, 0.1) is 10.6 Å². The van der Waals surface area contributed by atoms with Crippen LogP contribution in [-0.4, -0.2) is 44.4 Å². The lowest BCUT2D eigenvalue weighted by Gasteiger charge is -2.19. The number of aryl methyl sites for hydroxylation is 1. The molecule has 26 heavy (non-hydrogen) atoms. The van der Waals surface area contributed by atoms with E-state index in [0.29, 0.717) is 5.75 Å². The first kappa shape index (κ1) is 18.0. The smallest absolute Gasteiger partial charge is 0.233 e. The second kappa shape index (κ2) is 7.72. The van der Waals surface area contributed by atoms with Gasteiger partial charge in [-0.25, -0.2) is 0 Å². The Bertz CT molecular complexity index is 792. The van der Waals surface area contributed by atoms with Crippen molar-refractivity contribution in [2.45, 2.75) is 50.6 Å². The maximum Gasteiger partial charge on any atom is 0.233 e. The van der Waals surface area contributed by atoms with E-state index in [1.165, 1.54) is 52.8 Å². The molecule has 3 heterocycles. The van der Waals surface area contributed by atoms with E-state index in [0.717, 1.165) is 42.8 Å². The fraction of sp³-hybridized carbons (Fsp3) is 0.632. The lowest BCUT2D eigenvalue weighted by molar-refractivity contribution is -0.127. The van der Waals surface area contributed by atoms with E-state index in [9.17, 15) is 4.79 Å². The maximum atomic E-state index is 12.2. The van der Waals surface area contributed by atoms with Gasteiger partial charge < -0.3 is 9.47 Å². The zero-order chi connectivity index (χ0) is 18.1. The third-order valence-electron chi connectivity index (χ3n) is 5.60. The van der Waals surface area contributed by atoms with Crippen LogP contribution in [0.5, 0.6) is 0 Å². The van der Waals surface area contributed by atoms with E-state index in [2.05, 4.69) is 23.2 Å². The summed E-state index contributed by atoms with van der Waals surface area (Å²) in [5.41, 5.74) is 1.50. The van der Waals surface area contributed by atoms with Crippen LogP contribution < -0.4 is 0 Å². The molecule has 1 saturated heterocycles. The van der Waals surface area contributed by atoms with Crippen LogP contribution >= 0.6 is 23.1 Å². The number of amides is 1. The Kier molecular flexibility index (Phi) is 5.36. The van der Waals surface area contributed by atoms with Crippen LogP contribution in [0.3, 0.4) is 0 Å². The number of hydrogen-bond donors (Lipinski definition) is 0. The molecule has 0 aromatic carbocycles. The molecule has 5 nitrogen and oxygen atoms in total. The van der Waals surface area contributed by atoms with Crippen LogP contribution in [0.4, 0.5) is 0 Å². The number of carbonyl (C=O) groups is 1. The summed E-state index contributed by atoms with van der Waals surface area (Å²) in [4.78, 5) is 16.9. The number of thiophene rings is 1. The van der Waals surface area contributed by atoms with Crippen molar-refractivity contribution in [1.82, 2.24) is 19.7 Å². The van der Waals surface area contributed by atoms with E-state index in [4.69, 9.17) is 0 Å². The average molecular weight is 391 g/mol. The van der Waals surface area contributed by atoms with Crippen molar-refractivity contribution in [3.63, 3.8) is 0 Å². The van der Waals surface area contributed by atoms with Crippen LogP contribution in [0.1, 0.15) is 43.0 Å². The van der Waals surface area contributed by atoms with Gasteiger partial charge >= 0.3 is 0 Å². The Morgan fingerprint density at radius 2 is 2.15 bits per heavy atom. The van der Waals surface area contributed by atoms with Gasteiger partial charge in [-0.05, 0) is 49.7 Å². The molecule has 1 unspecified atom stereocenters. The minimum atomic E-state index is 0.217. The van der Waals surface area contributed by atoms with Crippen LogP contribution in [0.2, 0.25) is 0 Å². The summed E-state index contributed by atoms with van der Waals surface area (Å²) in [5.74, 6) is 2.42. The van der Waals surface area contributed by atoms with Crippen molar-refractivity contribution in [2.75, 3.05) is 18.8 Å². The van der Waals surface area contributed by atoms with Crippen molar-refractivity contribution in [1.29, 1.82) is 0 Å². The Hall–Kier alpha value is -1.34. The molecular formula is C19H26N4OS2. The van der Waals surface area contributed by atoms with Crippen molar-refractivity contribution in [3.8, 4) is 10.7 Å². The summed E-state index contributed by atoms with van der Waals surface area (Å²) in [6.45, 7) is 4.10. The van der Waals surface area contributed by atoms with Crippen molar-refractivity contribution in [2.24, 2.45) is 13.0 Å². The van der Waals surface area contributed by atoms with Crippen LogP contribution in [0.15, 0.2) is 11.2 Å². The quantitative estimate of drug-likeness (QED) is 0.729. The number of hydrogen-bond acceptors (Lipinski definition) is 5. The molecule has 4 rings (SSSR count). The lowest BCUT2D eigenvalue weighted by atomic mass is 9.87. The minimum absolute atomic E-state index is 0.217. The maximum absolute atomic E-state index is 12.2. The molecule has 0 saturated carbocycles. The van der Waals surface area contributed by atoms with Crippen molar-refractivity contribution >= 4 is 29.0 Å². The molecule has 1 aliphatic carbocycles. The molecule has 0 N–H and O–H groups in total. The van der Waals surface area contributed by atoms with E-state index >= 15 is 0 Å². The number of fused-ring (bicyclic) bond motifs is 1. The number of nitrogens with zero attached hydrogens (tertiary/aromatic N) is 4. The minimum Gasteiger partial charge on any atom is -0.342 e. The normalized spacial score (nSPS) is 19.8. The fourth-order valence-corrected chi connectivity index (χ4v) is 5.94. The highest BCUT2D eigenvalue weighted by molar-refractivity contribution is 7.99. The Morgan fingerprint density at radius 3 is 2.92 bits per heavy atom. The van der Waals surface area contributed by atoms with Crippen LogP contribution in [-0.2, 0) is 24.7 Å². The Labute approximate surface area is 163 Å². The third kappa shape index (κ3) is 3.56. The van der Waals surface area contributed by atoms with Gasteiger partial charge in [-0.2, -0.15) is 0 Å². The lowest BCUT2D eigenvalue weighted by Crippen LogP contribution is -2.29. The second-order valence-corrected chi connectivity index (χ2v) is 9.40. The molecule has 7 heteroatoms. The molecule has 0 bridgehead atoms. The summed E-state index contributed by atoms with van der Waals surface area (Å²) in [5, 5.41) is 9.59. The predicted octanol–water partition coefficient (Wildman–Crippen LogP) is 3.77. The van der Waals surface area contributed by atoms with Gasteiger partial charge in [0.15, 0.2) is 11.0 Å². The monoisotopic (exact) mass is 390 g/mol. The molecule has 2 aromatic rings. The van der Waals surface area contributed by atoms with Crippen molar-refractivity contribution < 1.29 is 4.79 Å². The largest absolute Gasteiger partial charge is 0.342 e. The van der Waals surface area contributed by atoms with Gasteiger partial charge in [-0.15, -0.1) is 21.5 Å². The van der Waals surface area contributed by atoms with Gasteiger partial charge in [0.25, 0.3) is 0 Å². The predicted molar refractivity (Wildman–Crippen MR) is 107 cm³/mol. The molecule has 2 aliphatic rings. The number of rotatable bonds is 5. The SMILES string of the molecule is CCC1CCc2sc(-c3nnc(SCC(=O)N4CCCC4)n3C)cc2C1. The zero-order valence-corrected chi connectivity index (χ0v) is 17.2. The standard InChI is InChI=1S/C19H26N4OS2/c1-3-13-6-7-15-14(10-13)11-16(26-15)18-20-21-19(22(18)2)25-12-17(24)23-8-4-5-9-23/h11,13H,3-10,12H2,1-2H3. The molecule has 1 atom stereocenters. The van der Waals surface area contributed by atoms with Crippen LogP contribution in [0.25, 0.3) is 10.7 Å². The molecule has 1 fully saturated rings. The van der Waals surface area contributed by atoms with E-state index in [1.807, 2.05) is 27.9 Å². The fourth-order valence-electron chi connectivity index (χ4n) is 3.90. The van der Waals surface area contributed by atoms with Gasteiger partial charge in [-0.3, -0.25) is 4.79 Å². The van der Waals surface area contributed by atoms with E-state index in [1.54, 1.807) is 0 Å². The first-order valence-electron chi connectivity index (χ1n) is 9.57. The highest BCUT2D eigenvalue weighted by Gasteiger charge is 2.23. The molecule has 2 aromatic heterocycles. The highest BCUT2D eigenvalue weighted by Crippen LogP contribution is 2.38. The number of carbonyl (C=O) groups excluding carboxylic acids is 1. The molecule has 0 spiro atoms. The molecule has 1 amide bonds. The second-order valence-electron chi connectivity index (χ2n) is 7.32. The van der Waals surface area contributed by atoms with E-state index < -0.39 is 0 Å². The van der Waals surface area contributed by atoms with Gasteiger partial charge in [0.2, 0.25) is 5.91 Å². The van der Waals surface area contributed by atoms with Gasteiger partial charge in [-0.1, -0.05) is 25.1 Å². The molecular weight excluding hydrogens is 364 g/mol. The number of aromatic nitrogens is 3. The van der Waals surface area contributed by atoms with Gasteiger partial charge in [0, 0.05) is 25.0 Å². The summed E-state index contributed by atoms with van der Waals surface area (Å²) in [6, 6.07) is 2.32. The van der Waals surface area contributed by atoms with Crippen molar-refractivity contribution in [3.05, 3.63) is 16.5 Å². The van der Waals surface area contributed by atoms with Gasteiger partial charge in [0.1, 0.15) is 0 Å². The third-order valence-corrected chi connectivity index (χ3v) is 7.84.